The number of allylic oxidation sites excluding steroid dienone is 3. The molecule has 0 aromatic carbocycles. The summed E-state index contributed by atoms with van der Waals surface area (Å²) < 4.78 is 5.51. The summed E-state index contributed by atoms with van der Waals surface area (Å²) in [5.74, 6) is -0.0415. The van der Waals surface area contributed by atoms with E-state index in [0.29, 0.717) is 19.4 Å². The van der Waals surface area contributed by atoms with Gasteiger partial charge in [0, 0.05) is 12.8 Å². The monoisotopic (exact) mass is 1240 g/mol. The predicted octanol–water partition coefficient (Wildman–Crippen LogP) is 26.8. The molecule has 0 radical (unpaired) electrons. The first kappa shape index (κ1) is 86.3. The minimum Gasteiger partial charge on any atom is -0.466 e. The summed E-state index contributed by atoms with van der Waals surface area (Å²) >= 11 is 0. The zero-order chi connectivity index (χ0) is 63.5. The van der Waals surface area contributed by atoms with Crippen LogP contribution in [0, 0.1) is 0 Å². The van der Waals surface area contributed by atoms with E-state index in [9.17, 15) is 19.8 Å². The van der Waals surface area contributed by atoms with E-state index in [1.165, 1.54) is 392 Å². The van der Waals surface area contributed by atoms with Gasteiger partial charge in [0.25, 0.3) is 0 Å². The van der Waals surface area contributed by atoms with Crippen LogP contribution in [0.25, 0.3) is 0 Å². The summed E-state index contributed by atoms with van der Waals surface area (Å²) in [7, 11) is 0. The lowest BCUT2D eigenvalue weighted by Crippen LogP contribution is -2.45. The number of hydrogen-bond donors (Lipinski definition) is 3. The molecule has 0 aromatic heterocycles. The summed E-state index contributed by atoms with van der Waals surface area (Å²) in [6, 6.07) is -0.627. The maximum atomic E-state index is 12.6. The number of aliphatic hydroxyl groups is 2. The van der Waals surface area contributed by atoms with Crippen LogP contribution in [0.5, 0.6) is 0 Å². The molecule has 522 valence electrons. The minimum atomic E-state index is -0.843. The molecule has 0 fully saturated rings. The normalized spacial score (nSPS) is 12.5. The SMILES string of the molecule is CCCCCCCCC/C=C\CCCCCCCCCC(=O)OCCCCCCCCCCCCCCCCCCCCCCCCCCCCCCCC(=O)NC(CO)C(O)/C=C/CCCCCCCCCCCCCCCCCCCCCCCC. The van der Waals surface area contributed by atoms with Crippen LogP contribution in [0.3, 0.4) is 0 Å². The molecule has 0 saturated heterocycles. The fourth-order valence-electron chi connectivity index (χ4n) is 13.0. The van der Waals surface area contributed by atoms with Crippen molar-refractivity contribution in [2.45, 2.75) is 475 Å². The summed E-state index contributed by atoms with van der Waals surface area (Å²) in [6.45, 7) is 4.96. The largest absolute Gasteiger partial charge is 0.466 e. The zero-order valence-corrected chi connectivity index (χ0v) is 60.0. The maximum absolute atomic E-state index is 12.6. The Morgan fingerprint density at radius 3 is 0.807 bits per heavy atom. The molecule has 0 aliphatic rings. The van der Waals surface area contributed by atoms with Gasteiger partial charge in [-0.25, -0.2) is 0 Å². The Balaban J connectivity index is 3.36. The van der Waals surface area contributed by atoms with Crippen LogP contribution in [0.15, 0.2) is 24.3 Å². The average Bonchev–Trinajstić information content (AvgIpc) is 3.58. The van der Waals surface area contributed by atoms with Gasteiger partial charge in [0.2, 0.25) is 5.91 Å². The van der Waals surface area contributed by atoms with Crippen LogP contribution in [0.4, 0.5) is 0 Å². The van der Waals surface area contributed by atoms with Crippen molar-refractivity contribution in [3.63, 3.8) is 0 Å². The quantitative estimate of drug-likeness (QED) is 0.0320. The van der Waals surface area contributed by atoms with E-state index in [1.807, 2.05) is 6.08 Å². The zero-order valence-electron chi connectivity index (χ0n) is 60.0. The molecule has 0 rings (SSSR count). The lowest BCUT2D eigenvalue weighted by Gasteiger charge is -2.20. The highest BCUT2D eigenvalue weighted by Crippen LogP contribution is 2.20. The molecule has 0 spiro atoms. The molecule has 1 amide bonds. The third-order valence-corrected chi connectivity index (χ3v) is 19.2. The maximum Gasteiger partial charge on any atom is 0.305 e. The summed E-state index contributed by atoms with van der Waals surface area (Å²) in [6.07, 6.45) is 100. The second-order valence-corrected chi connectivity index (χ2v) is 28.1. The number of aliphatic hydroxyl groups excluding tert-OH is 2. The van der Waals surface area contributed by atoms with Crippen LogP contribution in [-0.4, -0.2) is 47.4 Å². The van der Waals surface area contributed by atoms with Crippen LogP contribution in [0.1, 0.15) is 463 Å². The van der Waals surface area contributed by atoms with Gasteiger partial charge < -0.3 is 20.3 Å². The molecule has 0 aromatic rings. The third-order valence-electron chi connectivity index (χ3n) is 19.2. The van der Waals surface area contributed by atoms with Crippen molar-refractivity contribution in [2.75, 3.05) is 13.2 Å². The van der Waals surface area contributed by atoms with E-state index in [0.717, 1.165) is 44.9 Å². The van der Waals surface area contributed by atoms with E-state index < -0.39 is 12.1 Å². The highest BCUT2D eigenvalue weighted by molar-refractivity contribution is 5.76. The van der Waals surface area contributed by atoms with E-state index in [-0.39, 0.29) is 18.5 Å². The molecule has 6 nitrogen and oxygen atoms in total. The number of carbonyl (C=O) groups excluding carboxylic acids is 2. The van der Waals surface area contributed by atoms with Gasteiger partial charge in [0.15, 0.2) is 0 Å². The van der Waals surface area contributed by atoms with Crippen molar-refractivity contribution in [1.29, 1.82) is 0 Å². The summed E-state index contributed by atoms with van der Waals surface area (Å²) in [5, 5.41) is 23.3. The molecular formula is C82H159NO5. The number of ether oxygens (including phenoxy) is 1. The van der Waals surface area contributed by atoms with E-state index in [4.69, 9.17) is 4.74 Å². The number of rotatable bonds is 77. The molecule has 88 heavy (non-hydrogen) atoms. The van der Waals surface area contributed by atoms with Crippen molar-refractivity contribution in [2.24, 2.45) is 0 Å². The van der Waals surface area contributed by atoms with Gasteiger partial charge in [-0.2, -0.15) is 0 Å². The van der Waals surface area contributed by atoms with E-state index in [1.54, 1.807) is 6.08 Å². The van der Waals surface area contributed by atoms with Gasteiger partial charge in [-0.15, -0.1) is 0 Å². The van der Waals surface area contributed by atoms with Crippen molar-refractivity contribution >= 4 is 11.9 Å². The Morgan fingerprint density at radius 2 is 0.534 bits per heavy atom. The van der Waals surface area contributed by atoms with Crippen LogP contribution in [0.2, 0.25) is 0 Å². The smallest absolute Gasteiger partial charge is 0.305 e. The molecule has 0 bridgehead atoms. The Labute approximate surface area is 551 Å². The number of nitrogens with one attached hydrogen (secondary N) is 1. The molecule has 3 N–H and O–H groups in total. The molecule has 0 saturated carbocycles. The highest BCUT2D eigenvalue weighted by Gasteiger charge is 2.18. The average molecular weight is 1240 g/mol. The molecule has 0 heterocycles. The number of carbonyl (C=O) groups is 2. The lowest BCUT2D eigenvalue weighted by molar-refractivity contribution is -0.143. The summed E-state index contributed by atoms with van der Waals surface area (Å²) in [5.41, 5.74) is 0. The first-order chi connectivity index (χ1) is 43.5. The molecule has 2 unspecified atom stereocenters. The van der Waals surface area contributed by atoms with Crippen molar-refractivity contribution in [3.8, 4) is 0 Å². The first-order valence-corrected chi connectivity index (χ1v) is 40.6. The van der Waals surface area contributed by atoms with Gasteiger partial charge in [-0.05, 0) is 57.8 Å². The second kappa shape index (κ2) is 77.8. The Bertz CT molecular complexity index is 1380. The predicted molar refractivity (Wildman–Crippen MR) is 389 cm³/mol. The van der Waals surface area contributed by atoms with Gasteiger partial charge in [-0.3, -0.25) is 9.59 Å². The fourth-order valence-corrected chi connectivity index (χ4v) is 13.0. The van der Waals surface area contributed by atoms with Crippen molar-refractivity contribution < 1.29 is 24.5 Å². The van der Waals surface area contributed by atoms with Crippen molar-refractivity contribution in [1.82, 2.24) is 5.32 Å². The number of esters is 1. The van der Waals surface area contributed by atoms with Crippen molar-refractivity contribution in [3.05, 3.63) is 24.3 Å². The Morgan fingerprint density at radius 1 is 0.307 bits per heavy atom. The van der Waals surface area contributed by atoms with Gasteiger partial charge >= 0.3 is 5.97 Å². The van der Waals surface area contributed by atoms with E-state index in [2.05, 4.69) is 31.3 Å². The second-order valence-electron chi connectivity index (χ2n) is 28.1. The topological polar surface area (TPSA) is 95.9 Å². The number of hydrogen-bond acceptors (Lipinski definition) is 5. The molecule has 0 aliphatic carbocycles. The summed E-state index contributed by atoms with van der Waals surface area (Å²) in [4.78, 5) is 24.7. The van der Waals surface area contributed by atoms with Gasteiger partial charge in [0.05, 0.1) is 25.4 Å². The number of unbranched alkanes of at least 4 members (excludes halogenated alkanes) is 64. The van der Waals surface area contributed by atoms with Crippen LogP contribution in [-0.2, 0) is 14.3 Å². The highest BCUT2D eigenvalue weighted by atomic mass is 16.5. The van der Waals surface area contributed by atoms with Gasteiger partial charge in [-0.1, -0.05) is 417 Å². The van der Waals surface area contributed by atoms with Crippen LogP contribution < -0.4 is 5.32 Å². The molecule has 0 aliphatic heterocycles. The third kappa shape index (κ3) is 73.4. The Kier molecular flexibility index (Phi) is 76.3. The molecule has 6 heteroatoms. The van der Waals surface area contributed by atoms with Crippen LogP contribution >= 0.6 is 0 Å². The van der Waals surface area contributed by atoms with Gasteiger partial charge in [0.1, 0.15) is 0 Å². The first-order valence-electron chi connectivity index (χ1n) is 40.6. The minimum absolute atomic E-state index is 0.0175. The Hall–Kier alpha value is -1.66. The molecular weight excluding hydrogens is 1080 g/mol. The standard InChI is InChI=1S/C82H159NO5/c1-3-5-7-9-11-13-15-17-19-21-23-24-25-33-36-39-42-46-50-54-58-62-66-70-74-80(85)79(78-84)83-81(86)75-71-67-63-59-55-51-47-43-40-37-34-31-29-27-26-28-30-32-35-38-41-45-49-53-57-61-65-69-73-77-88-82(87)76-72-68-64-60-56-52-48-44-22-20-18-16-14-12-10-8-6-4-2/h20,22,70,74,79-80,84-85H,3-19,21,23-69,71-73,75-78H2,1-2H3,(H,83,86)/b22-20-,74-70+. The van der Waals surface area contributed by atoms with E-state index >= 15 is 0 Å². The number of amides is 1. The fraction of sp³-hybridized carbons (Fsp3) is 0.927. The lowest BCUT2D eigenvalue weighted by atomic mass is 10.0. The molecule has 2 atom stereocenters.